The average Bonchev–Trinajstić information content (AvgIpc) is 2.69. The number of ether oxygens (including phenoxy) is 1. The molecule has 19 heteroatoms. The fraction of sp³-hybridized carbons (Fsp3) is 0.938. The predicted octanol–water partition coefficient (Wildman–Crippen LogP) is 8.06. The van der Waals surface area contributed by atoms with Crippen LogP contribution >= 0.6 is 0 Å². The summed E-state index contributed by atoms with van der Waals surface area (Å²) in [6.45, 7) is 0.795. The first-order valence-electron chi connectivity index (χ1n) is 8.49. The smallest absolute Gasteiger partial charge is 0.397 e. The van der Waals surface area contributed by atoms with Crippen LogP contribution in [0.5, 0.6) is 0 Å². The first-order valence-corrected chi connectivity index (χ1v) is 8.49. The molecule has 0 bridgehead atoms. The SMILES string of the molecule is C.CCC(C)C(=O)OCCC(C(F)(F)F)C(F)(F)C(F)(F)C(F)(F)C(F)(F)C(F)(F)C(F)F.FF. The summed E-state index contributed by atoms with van der Waals surface area (Å²) in [4.78, 5) is 11.3. The van der Waals surface area contributed by atoms with E-state index in [1.165, 1.54) is 6.92 Å². The summed E-state index contributed by atoms with van der Waals surface area (Å²) in [6, 6.07) is 0. The lowest BCUT2D eigenvalue weighted by Gasteiger charge is -2.41. The number of hydrogen-bond donors (Lipinski definition) is 0. The van der Waals surface area contributed by atoms with Crippen molar-refractivity contribution in [3.8, 4) is 0 Å². The maximum absolute atomic E-state index is 13.9. The molecular weight excluding hydrogens is 547 g/mol. The van der Waals surface area contributed by atoms with E-state index in [1.54, 1.807) is 0 Å². The van der Waals surface area contributed by atoms with Crippen molar-refractivity contribution in [1.82, 2.24) is 0 Å². The van der Waals surface area contributed by atoms with E-state index >= 15 is 0 Å². The van der Waals surface area contributed by atoms with Gasteiger partial charge in [-0.25, -0.2) is 8.78 Å². The summed E-state index contributed by atoms with van der Waals surface area (Å²) in [5, 5.41) is 0. The molecule has 2 atom stereocenters. The van der Waals surface area contributed by atoms with Gasteiger partial charge in [0.2, 0.25) is 0 Å². The van der Waals surface area contributed by atoms with E-state index in [0.717, 1.165) is 6.92 Å². The van der Waals surface area contributed by atoms with E-state index in [0.29, 0.717) is 0 Å². The zero-order valence-corrected chi connectivity index (χ0v) is 16.6. The molecule has 0 aliphatic heterocycles. The molecule has 0 aliphatic carbocycles. The number of alkyl halides is 15. The maximum atomic E-state index is 13.9. The number of rotatable bonds is 11. The van der Waals surface area contributed by atoms with Gasteiger partial charge in [-0.3, -0.25) is 4.79 Å². The first kappa shape index (κ1) is 37.8. The third-order valence-corrected chi connectivity index (χ3v) is 4.40. The molecule has 0 radical (unpaired) electrons. The molecule has 0 aromatic rings. The van der Waals surface area contributed by atoms with Gasteiger partial charge < -0.3 is 4.74 Å². The standard InChI is InChI=1S/C15H15F15O2.CH4.F2/c1-3-6(2)8(31)32-5-4-7(12(22,23)24)10(18,19)13(25,26)15(29,30)14(27,28)11(20,21)9(16)17;;1-2/h6-7,9H,3-5H2,1-2H3;1H4;. The van der Waals surface area contributed by atoms with Crippen molar-refractivity contribution in [2.45, 2.75) is 76.3 Å². The first-order chi connectivity index (χ1) is 14.9. The van der Waals surface area contributed by atoms with Gasteiger partial charge in [-0.15, -0.1) is 0 Å². The average molecular weight is 566 g/mol. The second-order valence-electron chi connectivity index (χ2n) is 6.63. The Morgan fingerprint density at radius 1 is 0.743 bits per heavy atom. The van der Waals surface area contributed by atoms with Crippen LogP contribution < -0.4 is 0 Å². The molecule has 0 aliphatic rings. The lowest BCUT2D eigenvalue weighted by atomic mass is 9.85. The minimum atomic E-state index is -8.08. The minimum absolute atomic E-state index is 0. The molecule has 0 amide bonds. The van der Waals surface area contributed by atoms with Crippen molar-refractivity contribution in [3.63, 3.8) is 0 Å². The Morgan fingerprint density at radius 3 is 1.43 bits per heavy atom. The molecule has 0 saturated heterocycles. The van der Waals surface area contributed by atoms with Gasteiger partial charge in [-0.2, -0.15) is 57.1 Å². The predicted molar refractivity (Wildman–Crippen MR) is 84.3 cm³/mol. The Morgan fingerprint density at radius 2 is 1.11 bits per heavy atom. The third kappa shape index (κ3) is 7.16. The lowest BCUT2D eigenvalue weighted by molar-refractivity contribution is -0.427. The summed E-state index contributed by atoms with van der Waals surface area (Å²) in [6.07, 6.45) is -14.7. The van der Waals surface area contributed by atoms with Crippen molar-refractivity contribution in [2.75, 3.05) is 6.61 Å². The van der Waals surface area contributed by atoms with E-state index in [9.17, 15) is 70.7 Å². The van der Waals surface area contributed by atoms with Crippen molar-refractivity contribution in [2.24, 2.45) is 11.8 Å². The molecule has 0 rings (SSSR count). The monoisotopic (exact) mass is 566 g/mol. The van der Waals surface area contributed by atoms with Crippen LogP contribution in [0, 0.1) is 11.8 Å². The van der Waals surface area contributed by atoms with E-state index in [2.05, 4.69) is 4.74 Å². The Labute approximate surface area is 186 Å². The fourth-order valence-corrected chi connectivity index (χ4v) is 2.11. The number of halogens is 17. The zero-order valence-electron chi connectivity index (χ0n) is 16.6. The molecular formula is C16H19F17O2. The molecule has 2 unspecified atom stereocenters. The van der Waals surface area contributed by atoms with Gasteiger partial charge in [0.25, 0.3) is 0 Å². The van der Waals surface area contributed by atoms with Crippen molar-refractivity contribution >= 4 is 5.97 Å². The minimum Gasteiger partial charge on any atom is -0.465 e. The molecule has 35 heavy (non-hydrogen) atoms. The van der Waals surface area contributed by atoms with E-state index in [1.807, 2.05) is 0 Å². The molecule has 0 fully saturated rings. The molecule has 2 nitrogen and oxygen atoms in total. The highest BCUT2D eigenvalue weighted by atomic mass is 20.0. The highest BCUT2D eigenvalue weighted by molar-refractivity contribution is 5.71. The van der Waals surface area contributed by atoms with Gasteiger partial charge in [0, 0.05) is 9.15 Å². The molecule has 0 saturated carbocycles. The second-order valence-corrected chi connectivity index (χ2v) is 6.63. The van der Waals surface area contributed by atoms with Gasteiger partial charge in [0.1, 0.15) is 5.92 Å². The molecule has 0 spiro atoms. The van der Waals surface area contributed by atoms with Gasteiger partial charge in [-0.1, -0.05) is 21.3 Å². The van der Waals surface area contributed by atoms with Crippen LogP contribution in [0.4, 0.5) is 75.0 Å². The second kappa shape index (κ2) is 12.5. The van der Waals surface area contributed by atoms with E-state index in [4.69, 9.17) is 9.15 Å². The highest BCUT2D eigenvalue weighted by Crippen LogP contribution is 2.61. The number of hydrogen-bond acceptors (Lipinski definition) is 2. The maximum Gasteiger partial charge on any atom is 0.397 e. The van der Waals surface area contributed by atoms with Crippen LogP contribution in [-0.2, 0) is 9.53 Å². The van der Waals surface area contributed by atoms with Crippen molar-refractivity contribution < 1.29 is 84.5 Å². The Hall–Kier alpha value is -1.72. The summed E-state index contributed by atoms with van der Waals surface area (Å²) in [5.74, 6) is -45.7. The van der Waals surface area contributed by atoms with E-state index in [-0.39, 0.29) is 13.8 Å². The molecule has 0 N–H and O–H groups in total. The molecule has 0 heterocycles. The van der Waals surface area contributed by atoms with Crippen LogP contribution in [0.15, 0.2) is 0 Å². The largest absolute Gasteiger partial charge is 0.465 e. The topological polar surface area (TPSA) is 26.3 Å². The summed E-state index contributed by atoms with van der Waals surface area (Å²) in [5.41, 5.74) is 0. The van der Waals surface area contributed by atoms with Crippen LogP contribution in [-0.4, -0.2) is 54.8 Å². The summed E-state index contributed by atoms with van der Waals surface area (Å²) in [7, 11) is 0. The molecule has 0 aromatic carbocycles. The third-order valence-electron chi connectivity index (χ3n) is 4.40. The number of carbonyl (C=O) groups is 1. The molecule has 214 valence electrons. The highest BCUT2D eigenvalue weighted by Gasteiger charge is 2.89. The van der Waals surface area contributed by atoms with Crippen molar-refractivity contribution in [1.29, 1.82) is 0 Å². The van der Waals surface area contributed by atoms with Gasteiger partial charge >= 0.3 is 48.2 Å². The lowest BCUT2D eigenvalue weighted by Crippen LogP contribution is -2.70. The van der Waals surface area contributed by atoms with Crippen LogP contribution in [0.2, 0.25) is 0 Å². The summed E-state index contributed by atoms with van der Waals surface area (Å²) < 4.78 is 216. The van der Waals surface area contributed by atoms with Crippen LogP contribution in [0.25, 0.3) is 0 Å². The number of carbonyl (C=O) groups excluding carboxylic acids is 1. The van der Waals surface area contributed by atoms with Gasteiger partial charge in [0.15, 0.2) is 0 Å². The Balaban J connectivity index is -0.00000332. The van der Waals surface area contributed by atoms with Crippen LogP contribution in [0.1, 0.15) is 34.1 Å². The fourth-order valence-electron chi connectivity index (χ4n) is 2.11. The quantitative estimate of drug-likeness (QED) is 0.187. The van der Waals surface area contributed by atoms with Gasteiger partial charge in [0.05, 0.1) is 12.5 Å². The Kier molecular flexibility index (Phi) is 13.5. The van der Waals surface area contributed by atoms with Crippen molar-refractivity contribution in [3.05, 3.63) is 0 Å². The van der Waals surface area contributed by atoms with Crippen LogP contribution in [0.3, 0.4) is 0 Å². The zero-order chi connectivity index (χ0) is 28.1. The van der Waals surface area contributed by atoms with Gasteiger partial charge in [-0.05, 0) is 12.8 Å². The number of esters is 1. The normalized spacial score (nSPS) is 15.5. The van der Waals surface area contributed by atoms with E-state index < -0.39 is 73.0 Å². The molecule has 0 aromatic heterocycles. The summed E-state index contributed by atoms with van der Waals surface area (Å²) >= 11 is 0. The Bertz CT molecular complexity index is 644.